The summed E-state index contributed by atoms with van der Waals surface area (Å²) in [6.45, 7) is 6.78. The Morgan fingerprint density at radius 3 is 2.16 bits per heavy atom. The van der Waals surface area contributed by atoms with E-state index in [1.165, 1.54) is 20.1 Å². The van der Waals surface area contributed by atoms with E-state index in [-0.39, 0.29) is 29.2 Å². The number of hydrogen-bond donors (Lipinski definition) is 2. The molecule has 2 N–H and O–H groups in total. The SMILES string of the molecule is CO[C@@]1(C(=O)OCc2ccccc2)N2C(=O)[C@H](NC(=O)[C@H](c3cc(OC(C)=O)c(OC(C)=O)cc3C)S(=O)(=O)O)[C@H]2SC1(C)C. The molecule has 2 fully saturated rings. The highest BCUT2D eigenvalue weighted by atomic mass is 32.2. The van der Waals surface area contributed by atoms with Crippen LogP contribution in [0.3, 0.4) is 0 Å². The molecule has 45 heavy (non-hydrogen) atoms. The first-order valence-corrected chi connectivity index (χ1v) is 15.9. The quantitative estimate of drug-likeness (QED) is 0.162. The number of ether oxygens (including phenoxy) is 4. The van der Waals surface area contributed by atoms with Gasteiger partial charge in [-0.3, -0.25) is 28.6 Å². The summed E-state index contributed by atoms with van der Waals surface area (Å²) in [5.41, 5.74) is -1.39. The lowest BCUT2D eigenvalue weighted by Gasteiger charge is -2.49. The van der Waals surface area contributed by atoms with Gasteiger partial charge in [0, 0.05) is 21.0 Å². The molecule has 2 saturated heterocycles. The first-order chi connectivity index (χ1) is 20.9. The molecule has 0 aromatic heterocycles. The van der Waals surface area contributed by atoms with Gasteiger partial charge in [-0.25, -0.2) is 4.79 Å². The minimum Gasteiger partial charge on any atom is -0.457 e. The molecule has 0 saturated carbocycles. The number of benzene rings is 2. The molecule has 2 aromatic rings. The Bertz CT molecular complexity index is 1660. The number of esters is 3. The number of methoxy groups -OCH3 is 1. The van der Waals surface area contributed by atoms with E-state index in [9.17, 15) is 36.9 Å². The van der Waals surface area contributed by atoms with Crippen molar-refractivity contribution in [2.75, 3.05) is 7.11 Å². The number of carbonyl (C=O) groups is 5. The maximum Gasteiger partial charge on any atom is 0.361 e. The van der Waals surface area contributed by atoms with E-state index in [1.807, 2.05) is 0 Å². The number of hydrogen-bond acceptors (Lipinski definition) is 12. The lowest BCUT2D eigenvalue weighted by molar-refractivity contribution is -0.216. The van der Waals surface area contributed by atoms with Crippen LogP contribution in [-0.4, -0.2) is 76.6 Å². The fraction of sp³-hybridized carbons (Fsp3) is 0.414. The maximum atomic E-state index is 13.5. The Balaban J connectivity index is 1.62. The molecule has 4 atom stereocenters. The Kier molecular flexibility index (Phi) is 9.36. The van der Waals surface area contributed by atoms with Gasteiger partial charge in [-0.05, 0) is 49.6 Å². The molecule has 0 bridgehead atoms. The van der Waals surface area contributed by atoms with Crippen LogP contribution in [0.2, 0.25) is 0 Å². The van der Waals surface area contributed by atoms with Crippen molar-refractivity contribution in [3.63, 3.8) is 0 Å². The standard InChI is InChI=1S/C29H32N2O12S2/c1-15-12-20(42-16(2)32)21(43-17(3)33)13-19(15)23(45(37,38)39)24(34)30-22-25(35)31-26(22)44-28(4,5)29(31,40-6)27(36)41-14-18-10-8-7-9-11-18/h7-13,22-23,26H,14H2,1-6H3,(H,30,34)(H,37,38,39)/t22-,23-,26+,29+/m0/s1. The summed E-state index contributed by atoms with van der Waals surface area (Å²) in [7, 11) is -3.92. The number of rotatable bonds is 10. The number of fused-ring (bicyclic) bond motifs is 1. The minimum absolute atomic E-state index is 0.0809. The van der Waals surface area contributed by atoms with Crippen molar-refractivity contribution < 1.29 is 55.9 Å². The highest BCUT2D eigenvalue weighted by Crippen LogP contribution is 2.57. The Morgan fingerprint density at radius 1 is 1.04 bits per heavy atom. The summed E-state index contributed by atoms with van der Waals surface area (Å²) in [4.78, 5) is 64.9. The third-order valence-electron chi connectivity index (χ3n) is 7.35. The van der Waals surface area contributed by atoms with Gasteiger partial charge in [-0.1, -0.05) is 30.3 Å². The lowest BCUT2D eigenvalue weighted by atomic mass is 9.91. The van der Waals surface area contributed by atoms with Crippen LogP contribution in [-0.2, 0) is 50.2 Å². The third kappa shape index (κ3) is 6.27. The van der Waals surface area contributed by atoms with Gasteiger partial charge in [0.25, 0.3) is 21.8 Å². The second-order valence-electron chi connectivity index (χ2n) is 10.9. The average molecular weight is 665 g/mol. The normalized spacial score (nSPS) is 22.5. The van der Waals surface area contributed by atoms with Gasteiger partial charge in [0.05, 0.1) is 4.75 Å². The first kappa shape index (κ1) is 33.9. The third-order valence-corrected chi connectivity index (χ3v) is 10.0. The van der Waals surface area contributed by atoms with Crippen molar-refractivity contribution in [3.05, 3.63) is 59.2 Å². The Labute approximate surface area is 263 Å². The topological polar surface area (TPSA) is 192 Å². The number of carbonyl (C=O) groups excluding carboxylic acids is 5. The van der Waals surface area contributed by atoms with E-state index in [2.05, 4.69) is 5.32 Å². The minimum atomic E-state index is -5.18. The Hall–Kier alpha value is -3.99. The lowest BCUT2D eigenvalue weighted by Crippen LogP contribution is -2.76. The van der Waals surface area contributed by atoms with E-state index in [1.54, 1.807) is 44.2 Å². The van der Waals surface area contributed by atoms with Gasteiger partial charge in [-0.2, -0.15) is 8.42 Å². The smallest absolute Gasteiger partial charge is 0.361 e. The number of aryl methyl sites for hydroxylation is 1. The molecular weight excluding hydrogens is 632 g/mol. The molecule has 2 aromatic carbocycles. The molecule has 242 valence electrons. The predicted octanol–water partition coefficient (Wildman–Crippen LogP) is 2.04. The number of nitrogens with zero attached hydrogens (tertiary/aromatic N) is 1. The summed E-state index contributed by atoms with van der Waals surface area (Å²) >= 11 is 1.13. The summed E-state index contributed by atoms with van der Waals surface area (Å²) in [6, 6.07) is 9.72. The fourth-order valence-electron chi connectivity index (χ4n) is 5.41. The number of nitrogens with one attached hydrogen (secondary N) is 1. The van der Waals surface area contributed by atoms with Crippen LogP contribution in [0.5, 0.6) is 11.5 Å². The highest BCUT2D eigenvalue weighted by Gasteiger charge is 2.74. The van der Waals surface area contributed by atoms with Crippen molar-refractivity contribution in [2.24, 2.45) is 0 Å². The summed E-state index contributed by atoms with van der Waals surface area (Å²) in [5, 5.41) is -0.762. The summed E-state index contributed by atoms with van der Waals surface area (Å²) in [5.74, 6) is -5.05. The van der Waals surface area contributed by atoms with Crippen LogP contribution in [0.15, 0.2) is 42.5 Å². The largest absolute Gasteiger partial charge is 0.457 e. The van der Waals surface area contributed by atoms with Crippen molar-refractivity contribution in [1.82, 2.24) is 10.2 Å². The highest BCUT2D eigenvalue weighted by molar-refractivity contribution is 8.01. The van der Waals surface area contributed by atoms with Gasteiger partial charge in [0.15, 0.2) is 16.7 Å². The molecule has 14 nitrogen and oxygen atoms in total. The second kappa shape index (κ2) is 12.4. The van der Waals surface area contributed by atoms with E-state index >= 15 is 0 Å². The van der Waals surface area contributed by atoms with Crippen LogP contribution in [0.4, 0.5) is 0 Å². The van der Waals surface area contributed by atoms with Crippen molar-refractivity contribution in [2.45, 2.75) is 68.4 Å². The molecule has 2 heterocycles. The molecule has 16 heteroatoms. The van der Waals surface area contributed by atoms with E-state index in [0.717, 1.165) is 36.6 Å². The van der Waals surface area contributed by atoms with E-state index < -0.39 is 67.0 Å². The predicted molar refractivity (Wildman–Crippen MR) is 158 cm³/mol. The number of thioether (sulfide) groups is 1. The van der Waals surface area contributed by atoms with Crippen molar-refractivity contribution >= 4 is 51.6 Å². The van der Waals surface area contributed by atoms with Gasteiger partial charge < -0.3 is 24.3 Å². The molecule has 4 rings (SSSR count). The zero-order valence-corrected chi connectivity index (χ0v) is 26.8. The molecular formula is C29H32N2O12S2. The zero-order chi connectivity index (χ0) is 33.5. The van der Waals surface area contributed by atoms with Gasteiger partial charge in [0.2, 0.25) is 5.91 Å². The summed E-state index contributed by atoms with van der Waals surface area (Å²) in [6.07, 6.45) is 0. The van der Waals surface area contributed by atoms with Crippen LogP contribution in [0.25, 0.3) is 0 Å². The van der Waals surface area contributed by atoms with Gasteiger partial charge in [-0.15, -0.1) is 11.8 Å². The second-order valence-corrected chi connectivity index (χ2v) is 14.1. The first-order valence-electron chi connectivity index (χ1n) is 13.5. The summed E-state index contributed by atoms with van der Waals surface area (Å²) < 4.78 is 55.5. The molecule has 0 radical (unpaired) electrons. The van der Waals surface area contributed by atoms with E-state index in [4.69, 9.17) is 18.9 Å². The van der Waals surface area contributed by atoms with Crippen molar-refractivity contribution in [1.29, 1.82) is 0 Å². The molecule has 0 spiro atoms. The zero-order valence-electron chi connectivity index (χ0n) is 25.2. The van der Waals surface area contributed by atoms with Crippen LogP contribution >= 0.6 is 11.8 Å². The monoisotopic (exact) mass is 664 g/mol. The average Bonchev–Trinajstić information content (AvgIpc) is 3.16. The number of amides is 2. The molecule has 2 amide bonds. The van der Waals surface area contributed by atoms with Gasteiger partial charge >= 0.3 is 17.9 Å². The van der Waals surface area contributed by atoms with Gasteiger partial charge in [0.1, 0.15) is 18.0 Å². The van der Waals surface area contributed by atoms with Crippen LogP contribution in [0.1, 0.15) is 49.6 Å². The molecule has 0 aliphatic carbocycles. The molecule has 2 aliphatic heterocycles. The van der Waals surface area contributed by atoms with Crippen LogP contribution < -0.4 is 14.8 Å². The Morgan fingerprint density at radius 2 is 1.62 bits per heavy atom. The maximum absolute atomic E-state index is 13.5. The fourth-order valence-corrected chi connectivity index (χ4v) is 8.03. The molecule has 0 unspecified atom stereocenters. The van der Waals surface area contributed by atoms with Crippen LogP contribution in [0, 0.1) is 6.92 Å². The van der Waals surface area contributed by atoms with Crippen molar-refractivity contribution in [3.8, 4) is 11.5 Å². The molecule has 2 aliphatic rings. The number of β-lactam (4-membered cyclic amide) rings is 1. The van der Waals surface area contributed by atoms with E-state index in [0.29, 0.717) is 5.56 Å².